The van der Waals surface area contributed by atoms with Gasteiger partial charge in [-0.3, -0.25) is 38.6 Å². The molecule has 1 aromatic rings. The number of hydrogen-bond acceptors (Lipinski definition) is 20. The van der Waals surface area contributed by atoms with Crippen LogP contribution in [0.15, 0.2) is 18.2 Å². The van der Waals surface area contributed by atoms with E-state index in [0.717, 1.165) is 61.0 Å². The molecule has 0 aliphatic carbocycles. The maximum atomic E-state index is 14.5. The molecule has 4 rings (SSSR count). The summed E-state index contributed by atoms with van der Waals surface area (Å²) < 4.78 is 9.13. The van der Waals surface area contributed by atoms with Crippen molar-refractivity contribution in [3.8, 4) is 17.6 Å². The third-order valence-electron chi connectivity index (χ3n) is 14.2. The van der Waals surface area contributed by atoms with Gasteiger partial charge >= 0.3 is 29.6 Å². The van der Waals surface area contributed by atoms with Crippen LogP contribution in [0.25, 0.3) is 0 Å². The van der Waals surface area contributed by atoms with Gasteiger partial charge in [0.25, 0.3) is 12.3 Å². The van der Waals surface area contributed by atoms with Crippen molar-refractivity contribution < 1.29 is 118 Å². The molecule has 1 aromatic carbocycles. The maximum absolute atomic E-state index is 14.5. The first-order valence-electron chi connectivity index (χ1n) is 26.9. The molecule has 3 aliphatic rings. The van der Waals surface area contributed by atoms with E-state index in [0.29, 0.717) is 6.42 Å². The van der Waals surface area contributed by atoms with E-state index < -0.39 is 165 Å². The predicted octanol–water partition coefficient (Wildman–Crippen LogP) is -4.41. The van der Waals surface area contributed by atoms with Gasteiger partial charge in [-0.2, -0.15) is 5.26 Å². The Labute approximate surface area is 486 Å². The molecule has 0 spiro atoms. The number of unbranched alkanes of at least 4 members (excludes halogenated alkanes) is 12. The van der Waals surface area contributed by atoms with E-state index in [2.05, 4.69) is 42.9 Å². The fourth-order valence-electron chi connectivity index (χ4n) is 9.87. The van der Waals surface area contributed by atoms with Crippen LogP contribution < -0.4 is 65.6 Å². The second-order valence-corrected chi connectivity index (χ2v) is 21.0. The smallest absolute Gasteiger partial charge is 0.691 e. The Morgan fingerprint density at radius 1 is 0.797 bits per heavy atom. The second-order valence-electron chi connectivity index (χ2n) is 20.5. The largest absolute Gasteiger partial charge is 1.00 e. The number of carbonyl (C=O) groups excluding carboxylic acids is 7. The number of phenols is 1. The summed E-state index contributed by atoms with van der Waals surface area (Å²) in [5.74, 6) is -9.11. The Balaban J connectivity index is 0.0000164. The molecule has 438 valence electrons. The number of aromatic hydroxyl groups is 1. The Kier molecular flexibility index (Phi) is 30.9. The molecule has 3 fully saturated rings. The Bertz CT molecular complexity index is 2180. The third-order valence-corrected chi connectivity index (χ3v) is 14.6. The monoisotopic (exact) mass is 1150 g/mol. The molecule has 0 radical (unpaired) electrons. The number of β-amino-alcohol motifs (C(OH)–C–C–N with tert-alkyl or cyclic N) is 1. The molecule has 0 bridgehead atoms. The number of amides is 7. The zero-order valence-electron chi connectivity index (χ0n) is 45.5. The van der Waals surface area contributed by atoms with E-state index in [1.54, 1.807) is 6.07 Å². The fourth-order valence-corrected chi connectivity index (χ4v) is 10.1. The number of benzene rings is 1. The van der Waals surface area contributed by atoms with Crippen LogP contribution >= 0.6 is 12.3 Å². The summed E-state index contributed by atoms with van der Waals surface area (Å²) in [5.41, 5.74) is 0.109. The Morgan fingerprint density at radius 3 is 2.00 bits per heavy atom. The third kappa shape index (κ3) is 21.5. The van der Waals surface area contributed by atoms with Gasteiger partial charge in [-0.05, 0) is 31.0 Å². The van der Waals surface area contributed by atoms with Crippen LogP contribution in [-0.4, -0.2) is 179 Å². The van der Waals surface area contributed by atoms with Crippen LogP contribution in [0.5, 0.6) is 11.5 Å². The van der Waals surface area contributed by atoms with E-state index in [4.69, 9.17) is 4.18 Å². The van der Waals surface area contributed by atoms with E-state index in [9.17, 15) is 79.8 Å². The molecule has 0 saturated carbocycles. The van der Waals surface area contributed by atoms with Crippen LogP contribution in [0.2, 0.25) is 0 Å². The Hall–Kier alpha value is -4.41. The summed E-state index contributed by atoms with van der Waals surface area (Å²) in [6, 6.07) is -5.85. The predicted molar refractivity (Wildman–Crippen MR) is 275 cm³/mol. The van der Waals surface area contributed by atoms with Crippen LogP contribution in [0.4, 0.5) is 0 Å². The number of aliphatic hydroxyl groups is 6. The number of nitrogens with zero attached hydrogens (tertiary/aromatic N) is 3. The summed E-state index contributed by atoms with van der Waals surface area (Å²) in [5, 5.41) is 113. The average Bonchev–Trinajstić information content (AvgIpc) is 4.01. The molecule has 3 heterocycles. The van der Waals surface area contributed by atoms with Crippen molar-refractivity contribution in [2.45, 2.75) is 209 Å². The normalized spacial score (nSPS) is 26.6. The van der Waals surface area contributed by atoms with Gasteiger partial charge in [0, 0.05) is 51.2 Å². The molecule has 3 saturated heterocycles. The summed E-state index contributed by atoms with van der Waals surface area (Å²) in [6.45, 7) is 3.34. The molecule has 7 amide bonds. The van der Waals surface area contributed by atoms with Gasteiger partial charge in [-0.1, -0.05) is 97.0 Å². The van der Waals surface area contributed by atoms with Crippen LogP contribution in [0, 0.1) is 17.2 Å². The minimum atomic E-state index is -2.13. The zero-order chi connectivity index (χ0) is 57.5. The van der Waals surface area contributed by atoms with Gasteiger partial charge in [0.15, 0.2) is 11.5 Å². The summed E-state index contributed by atoms with van der Waals surface area (Å²) in [7, 11) is 0. The fraction of sp³-hybridized carbons (Fsp3) is 0.725. The first-order chi connectivity index (χ1) is 37.2. The molecule has 7 unspecified atom stereocenters. The number of nitrogens with one attached hydrogen (secondary N) is 5. The standard InChI is InChI=1S/C51H80N8O18S.Na/c1-4-5-6-7-8-9-10-11-12-13-14-15-16-17-40(66)54-34-24-32(61)26-53-49(71)44-45(67)29(2)27-59(44)51(73)43(37(64)20-21-52)57-48(70)42(38(65)22-31-18-19-36(63)39(23-31)75-78-77-76-74)56-47(69)35-25-33(62)28-58(35)50(72)41(30(3)60)55-46(34)68;/h18-19,23,29-30,32-35,37-38,41-45,60-65,67,74H,4-17,20,22,24-28H2,1-3H3,(H,53,71)(H,54,66)(H,55,68)(H,56,69)(H,57,70);/q;+1/p-1/t29?,30?,32-,33?,34-,35?,37+,38+,41?,42?,43-,44?,45-;/m0./s1. The number of rotatable bonds is 25. The molecule has 28 heteroatoms. The van der Waals surface area contributed by atoms with Crippen molar-refractivity contribution in [3.63, 3.8) is 0 Å². The van der Waals surface area contributed by atoms with Gasteiger partial charge in [0.05, 0.1) is 49.1 Å². The molecule has 0 aromatic heterocycles. The molecule has 3 aliphatic heterocycles. The molecule has 12 N–H and O–H groups in total. The topological polar surface area (TPSA) is 402 Å². The van der Waals surface area contributed by atoms with Crippen LogP contribution in [0.3, 0.4) is 0 Å². The van der Waals surface area contributed by atoms with Gasteiger partial charge in [-0.25, -0.2) is 0 Å². The molecular weight excluding hydrogens is 1070 g/mol. The Morgan fingerprint density at radius 2 is 1.39 bits per heavy atom. The zero-order valence-corrected chi connectivity index (χ0v) is 48.3. The van der Waals surface area contributed by atoms with Crippen LogP contribution in [0.1, 0.15) is 135 Å². The molecule has 79 heavy (non-hydrogen) atoms. The van der Waals surface area contributed by atoms with E-state index >= 15 is 0 Å². The van der Waals surface area contributed by atoms with E-state index in [1.165, 1.54) is 57.9 Å². The number of fused-ring (bicyclic) bond motifs is 2. The minimum absolute atomic E-state index is 0. The van der Waals surface area contributed by atoms with Crippen molar-refractivity contribution >= 4 is 53.7 Å². The van der Waals surface area contributed by atoms with Crippen molar-refractivity contribution in [2.24, 2.45) is 5.92 Å². The summed E-state index contributed by atoms with van der Waals surface area (Å²) in [6.07, 6.45) is 1.24. The maximum Gasteiger partial charge on any atom is 1.00 e. The number of aliphatic hydroxyl groups excluding tert-OH is 6. The van der Waals surface area contributed by atoms with Gasteiger partial charge < -0.3 is 81.6 Å². The van der Waals surface area contributed by atoms with Crippen molar-refractivity contribution in [1.82, 2.24) is 36.4 Å². The molecule has 26 nitrogen and oxygen atoms in total. The van der Waals surface area contributed by atoms with Gasteiger partial charge in [0.2, 0.25) is 41.4 Å². The first-order valence-corrected chi connectivity index (χ1v) is 27.6. The summed E-state index contributed by atoms with van der Waals surface area (Å²) >= 11 is 0.0157. The number of nitriles is 1. The van der Waals surface area contributed by atoms with Crippen molar-refractivity contribution in [3.05, 3.63) is 23.8 Å². The average molecular weight is 1150 g/mol. The minimum Gasteiger partial charge on any atom is -0.691 e. The van der Waals surface area contributed by atoms with Crippen LogP contribution in [-0.2, 0) is 49.4 Å². The number of hydrogen-bond donors (Lipinski definition) is 12. The van der Waals surface area contributed by atoms with Crippen molar-refractivity contribution in [1.29, 1.82) is 5.26 Å². The van der Waals surface area contributed by atoms with E-state index in [-0.39, 0.29) is 66.2 Å². The second kappa shape index (κ2) is 35.4. The molecule has 13 atom stereocenters. The quantitative estimate of drug-likeness (QED) is 0.0145. The van der Waals surface area contributed by atoms with Gasteiger partial charge in [0.1, 0.15) is 36.3 Å². The van der Waals surface area contributed by atoms with E-state index in [1.807, 2.05) is 0 Å². The SMILES string of the molecule is CCCCCCCCCCCCCCCC(=O)N[C@H]1C[C@H](O)CNC(=O)C2[C@@H](O)C(C)CN2C(=O)[C@H]([C@H](O)CC#N)NC(=O)C([C@H](O)Cc2ccc(O)c(OSOO[O-])c2)NC(=O)C2CC(O)CN2C(=O)C(C(C)O)NC1=O.[Na+]. The first kappa shape index (κ1) is 68.9. The number of carbonyl (C=O) groups is 7. The van der Waals surface area contributed by atoms with Crippen molar-refractivity contribution in [2.75, 3.05) is 19.6 Å². The van der Waals surface area contributed by atoms with Gasteiger partial charge in [-0.15, -0.1) is 4.33 Å². The summed E-state index contributed by atoms with van der Waals surface area (Å²) in [4.78, 5) is 101. The number of phenolic OH excluding ortho intramolecular Hbond substituents is 1. The molecular formula is C51H79N8NaO18S.